The van der Waals surface area contributed by atoms with Crippen molar-refractivity contribution in [3.8, 4) is 11.5 Å². The van der Waals surface area contributed by atoms with E-state index in [0.717, 1.165) is 6.54 Å². The van der Waals surface area contributed by atoms with Gasteiger partial charge in [0.2, 0.25) is 6.79 Å². The maximum Gasteiger partial charge on any atom is 0.251 e. The van der Waals surface area contributed by atoms with Crippen LogP contribution in [-0.4, -0.2) is 47.9 Å². The van der Waals surface area contributed by atoms with Gasteiger partial charge in [0.25, 0.3) is 5.91 Å². The van der Waals surface area contributed by atoms with Crippen LogP contribution in [-0.2, 0) is 4.79 Å². The van der Waals surface area contributed by atoms with E-state index in [1.165, 1.54) is 4.90 Å². The second kappa shape index (κ2) is 10.5. The highest BCUT2D eigenvalue weighted by atomic mass is 16.7. The third kappa shape index (κ3) is 5.50. The number of ether oxygens (including phenoxy) is 2. The van der Waals surface area contributed by atoms with E-state index in [-0.39, 0.29) is 18.5 Å². The summed E-state index contributed by atoms with van der Waals surface area (Å²) in [5.41, 5.74) is 1.18. The highest BCUT2D eigenvalue weighted by Crippen LogP contribution is 2.33. The van der Waals surface area contributed by atoms with Crippen molar-refractivity contribution in [3.05, 3.63) is 60.0 Å². The molecule has 156 valence electrons. The minimum absolute atomic E-state index is 0.131. The molecule has 1 unspecified atom stereocenters. The number of amides is 1. The number of hydrogen-bond donors (Lipinski definition) is 0. The van der Waals surface area contributed by atoms with Gasteiger partial charge in [-0.3, -0.25) is 9.59 Å². The SMILES string of the molecule is C/C=C\C.CCN1C=CCC(C(=O)N(C)C(C)C(=O)c2ccc3c(c2)OCO3)=C1. The van der Waals surface area contributed by atoms with Crippen molar-refractivity contribution in [2.24, 2.45) is 0 Å². The maximum absolute atomic E-state index is 12.8. The molecule has 0 fully saturated rings. The van der Waals surface area contributed by atoms with Crippen LogP contribution in [0.15, 0.2) is 54.4 Å². The van der Waals surface area contributed by atoms with Crippen LogP contribution >= 0.6 is 0 Å². The van der Waals surface area contributed by atoms with Crippen molar-refractivity contribution < 1.29 is 19.1 Å². The van der Waals surface area contributed by atoms with Gasteiger partial charge >= 0.3 is 0 Å². The minimum Gasteiger partial charge on any atom is -0.454 e. The van der Waals surface area contributed by atoms with Crippen LogP contribution in [0.3, 0.4) is 0 Å². The summed E-state index contributed by atoms with van der Waals surface area (Å²) in [6.45, 7) is 8.71. The van der Waals surface area contributed by atoms with Gasteiger partial charge in [0.1, 0.15) is 0 Å². The third-order valence-electron chi connectivity index (χ3n) is 4.87. The molecule has 0 spiro atoms. The molecule has 1 aromatic carbocycles. The first-order chi connectivity index (χ1) is 13.9. The lowest BCUT2D eigenvalue weighted by Gasteiger charge is -2.27. The lowest BCUT2D eigenvalue weighted by molar-refractivity contribution is -0.127. The highest BCUT2D eigenvalue weighted by molar-refractivity contribution is 6.04. The highest BCUT2D eigenvalue weighted by Gasteiger charge is 2.27. The molecule has 0 aliphatic carbocycles. The monoisotopic (exact) mass is 398 g/mol. The summed E-state index contributed by atoms with van der Waals surface area (Å²) < 4.78 is 10.6. The van der Waals surface area contributed by atoms with E-state index in [1.807, 2.05) is 56.3 Å². The van der Waals surface area contributed by atoms with Gasteiger partial charge in [-0.1, -0.05) is 18.2 Å². The number of ketones is 1. The molecule has 29 heavy (non-hydrogen) atoms. The Kier molecular flexibility index (Phi) is 8.07. The Hall–Kier alpha value is -3.02. The molecule has 0 bridgehead atoms. The normalized spacial score (nSPS) is 15.5. The first kappa shape index (κ1) is 22.3. The summed E-state index contributed by atoms with van der Waals surface area (Å²) in [4.78, 5) is 28.9. The number of allylic oxidation sites excluding steroid dienone is 3. The Morgan fingerprint density at radius 2 is 1.90 bits per heavy atom. The van der Waals surface area contributed by atoms with Crippen molar-refractivity contribution in [3.63, 3.8) is 0 Å². The number of likely N-dealkylation sites (N-methyl/N-ethyl adjacent to an activating group) is 1. The Bertz CT molecular complexity index is 822. The fraction of sp³-hybridized carbons (Fsp3) is 0.391. The third-order valence-corrected chi connectivity index (χ3v) is 4.87. The Morgan fingerprint density at radius 1 is 1.21 bits per heavy atom. The first-order valence-corrected chi connectivity index (χ1v) is 9.84. The van der Waals surface area contributed by atoms with Crippen LogP contribution in [0.2, 0.25) is 0 Å². The molecule has 0 radical (unpaired) electrons. The summed E-state index contributed by atoms with van der Waals surface area (Å²) in [5.74, 6) is 0.927. The van der Waals surface area contributed by atoms with Gasteiger partial charge in [-0.15, -0.1) is 0 Å². The molecule has 0 saturated heterocycles. The van der Waals surface area contributed by atoms with Gasteiger partial charge in [-0.25, -0.2) is 0 Å². The Morgan fingerprint density at radius 3 is 2.55 bits per heavy atom. The van der Waals surface area contributed by atoms with E-state index in [1.54, 1.807) is 32.2 Å². The number of hydrogen-bond acceptors (Lipinski definition) is 5. The van der Waals surface area contributed by atoms with Gasteiger partial charge in [0.15, 0.2) is 17.3 Å². The van der Waals surface area contributed by atoms with Gasteiger partial charge in [0, 0.05) is 30.9 Å². The molecule has 0 aromatic heterocycles. The summed E-state index contributed by atoms with van der Waals surface area (Å²) >= 11 is 0. The fourth-order valence-electron chi connectivity index (χ4n) is 2.82. The van der Waals surface area contributed by atoms with Crippen LogP contribution in [0, 0.1) is 0 Å². The minimum atomic E-state index is -0.574. The van der Waals surface area contributed by atoms with E-state index in [9.17, 15) is 9.59 Å². The zero-order chi connectivity index (χ0) is 21.4. The quantitative estimate of drug-likeness (QED) is 0.551. The number of Topliss-reactive ketones (excluding diaryl/α,β-unsaturated/α-hetero) is 1. The topological polar surface area (TPSA) is 59.1 Å². The second-order valence-electron chi connectivity index (χ2n) is 6.76. The van der Waals surface area contributed by atoms with E-state index in [2.05, 4.69) is 0 Å². The number of fused-ring (bicyclic) bond motifs is 1. The Labute approximate surface area is 173 Å². The van der Waals surface area contributed by atoms with Crippen molar-refractivity contribution in [2.75, 3.05) is 20.4 Å². The molecule has 1 atom stereocenters. The molecule has 0 N–H and O–H groups in total. The maximum atomic E-state index is 12.8. The summed E-state index contributed by atoms with van der Waals surface area (Å²) in [6, 6.07) is 4.51. The number of rotatable bonds is 5. The lowest BCUT2D eigenvalue weighted by Crippen LogP contribution is -2.41. The molecule has 6 heteroatoms. The van der Waals surface area contributed by atoms with Crippen molar-refractivity contribution >= 4 is 11.7 Å². The van der Waals surface area contributed by atoms with E-state index >= 15 is 0 Å². The lowest BCUT2D eigenvalue weighted by atomic mass is 10.0. The predicted octanol–water partition coefficient (Wildman–Crippen LogP) is 4.15. The van der Waals surface area contributed by atoms with Gasteiger partial charge in [-0.05, 0) is 58.5 Å². The smallest absolute Gasteiger partial charge is 0.251 e. The Balaban J connectivity index is 0.000000687. The molecule has 2 aliphatic heterocycles. The zero-order valence-electron chi connectivity index (χ0n) is 17.8. The largest absolute Gasteiger partial charge is 0.454 e. The zero-order valence-corrected chi connectivity index (χ0v) is 17.8. The van der Waals surface area contributed by atoms with Gasteiger partial charge in [0.05, 0.1) is 6.04 Å². The van der Waals surface area contributed by atoms with Gasteiger partial charge in [-0.2, -0.15) is 0 Å². The molecule has 3 rings (SSSR count). The number of nitrogens with zero attached hydrogens (tertiary/aromatic N) is 2. The summed E-state index contributed by atoms with van der Waals surface area (Å²) in [6.07, 6.45) is 10.3. The van der Waals surface area contributed by atoms with Crippen LogP contribution < -0.4 is 9.47 Å². The summed E-state index contributed by atoms with van der Waals surface area (Å²) in [7, 11) is 1.66. The van der Waals surface area contributed by atoms with Crippen molar-refractivity contribution in [2.45, 2.75) is 40.2 Å². The fourth-order valence-corrected chi connectivity index (χ4v) is 2.82. The second-order valence-corrected chi connectivity index (χ2v) is 6.76. The summed E-state index contributed by atoms with van der Waals surface area (Å²) in [5, 5.41) is 0. The number of carbonyl (C=O) groups is 2. The van der Waals surface area contributed by atoms with Gasteiger partial charge < -0.3 is 19.3 Å². The van der Waals surface area contributed by atoms with E-state index in [0.29, 0.717) is 29.1 Å². The molecule has 2 aliphatic rings. The van der Waals surface area contributed by atoms with Crippen LogP contribution in [0.4, 0.5) is 0 Å². The van der Waals surface area contributed by atoms with E-state index < -0.39 is 6.04 Å². The van der Waals surface area contributed by atoms with E-state index in [4.69, 9.17) is 9.47 Å². The molecule has 1 amide bonds. The molecular formula is C23H30N2O4. The van der Waals surface area contributed by atoms with Crippen molar-refractivity contribution in [1.29, 1.82) is 0 Å². The number of benzene rings is 1. The molecule has 6 nitrogen and oxygen atoms in total. The van der Waals surface area contributed by atoms with Crippen LogP contribution in [0.25, 0.3) is 0 Å². The molecule has 1 aromatic rings. The first-order valence-electron chi connectivity index (χ1n) is 9.84. The molecule has 2 heterocycles. The molecule has 0 saturated carbocycles. The van der Waals surface area contributed by atoms with Crippen molar-refractivity contribution in [1.82, 2.24) is 9.80 Å². The number of carbonyl (C=O) groups excluding carboxylic acids is 2. The van der Waals surface area contributed by atoms with Crippen LogP contribution in [0.5, 0.6) is 11.5 Å². The average Bonchev–Trinajstić information content (AvgIpc) is 3.25. The molecular weight excluding hydrogens is 368 g/mol. The standard InChI is InChI=1S/C19H22N2O4.C4H8/c1-4-21-9-5-6-15(11-21)19(23)20(3)13(2)18(22)14-7-8-16-17(10-14)25-12-24-16;1-3-4-2/h5,7-11,13H,4,6,12H2,1-3H3;3-4H,1-2H3/b;4-3-. The van der Waals surface area contributed by atoms with Crippen LogP contribution in [0.1, 0.15) is 44.5 Å². The average molecular weight is 399 g/mol. The predicted molar refractivity (Wildman–Crippen MR) is 114 cm³/mol.